The van der Waals surface area contributed by atoms with Crippen LogP contribution in [0.15, 0.2) is 36.4 Å². The molecule has 0 radical (unpaired) electrons. The summed E-state index contributed by atoms with van der Waals surface area (Å²) in [5.41, 5.74) is 5.49. The second-order valence-corrected chi connectivity index (χ2v) is 9.81. The van der Waals surface area contributed by atoms with Crippen molar-refractivity contribution < 1.29 is 32.3 Å². The highest BCUT2D eigenvalue weighted by molar-refractivity contribution is 6.31. The molecule has 12 heteroatoms. The summed E-state index contributed by atoms with van der Waals surface area (Å²) in [5.74, 6) is -5.49. The van der Waals surface area contributed by atoms with Gasteiger partial charge in [-0.3, -0.25) is 24.5 Å². The lowest BCUT2D eigenvalue weighted by Crippen LogP contribution is -2.54. The van der Waals surface area contributed by atoms with E-state index in [9.17, 15) is 32.3 Å². The van der Waals surface area contributed by atoms with Crippen LogP contribution in [0.5, 0.6) is 0 Å². The molecule has 4 amide bonds. The van der Waals surface area contributed by atoms with Crippen LogP contribution >= 0.6 is 11.6 Å². The van der Waals surface area contributed by atoms with Crippen molar-refractivity contribution in [2.75, 3.05) is 14.1 Å². The van der Waals surface area contributed by atoms with Gasteiger partial charge in [0, 0.05) is 29.1 Å². The summed E-state index contributed by atoms with van der Waals surface area (Å²) >= 11 is 6.40. The maximum Gasteiger partial charge on any atom is 0.398 e. The summed E-state index contributed by atoms with van der Waals surface area (Å²) in [4.78, 5) is 52.5. The molecule has 3 atom stereocenters. The number of imide groups is 1. The number of hydrogen-bond acceptors (Lipinski definition) is 5. The lowest BCUT2D eigenvalue weighted by atomic mass is 9.84. The number of hydrogen-bond donors (Lipinski definition) is 2. The molecule has 2 heterocycles. The predicted molar refractivity (Wildman–Crippen MR) is 128 cm³/mol. The Morgan fingerprint density at radius 1 is 1.19 bits per heavy atom. The SMILES string of the molecule is CN(C)Cc1ccc([C@H](C2c3cc(C(N)=O)ccc3C(=O)N2C2CCC(=O)NC2=O)C(F)(F)F)c(Cl)c1. The Hall–Kier alpha value is -3.44. The second-order valence-electron chi connectivity index (χ2n) is 9.40. The zero-order chi connectivity index (χ0) is 27.2. The van der Waals surface area contributed by atoms with Crippen molar-refractivity contribution in [1.29, 1.82) is 0 Å². The number of nitrogens with one attached hydrogen (secondary N) is 1. The number of benzene rings is 2. The number of alkyl halides is 3. The summed E-state index contributed by atoms with van der Waals surface area (Å²) in [6, 6.07) is 4.78. The largest absolute Gasteiger partial charge is 0.398 e. The quantitative estimate of drug-likeness (QED) is 0.551. The van der Waals surface area contributed by atoms with Gasteiger partial charge in [-0.05, 0) is 61.5 Å². The Balaban J connectivity index is 1.92. The molecule has 0 bridgehead atoms. The lowest BCUT2D eigenvalue weighted by Gasteiger charge is -2.39. The minimum Gasteiger partial charge on any atom is -0.366 e. The number of primary amides is 1. The minimum atomic E-state index is -4.92. The maximum atomic E-state index is 14.9. The second kappa shape index (κ2) is 9.79. The number of carbonyl (C=O) groups is 4. The monoisotopic (exact) mass is 536 g/mol. The normalized spacial score (nSPS) is 20.7. The molecular weight excluding hydrogens is 513 g/mol. The van der Waals surface area contributed by atoms with Gasteiger partial charge < -0.3 is 15.5 Å². The highest BCUT2D eigenvalue weighted by atomic mass is 35.5. The topological polar surface area (TPSA) is 113 Å². The number of nitrogens with two attached hydrogens (primary N) is 1. The van der Waals surface area contributed by atoms with Gasteiger partial charge in [0.1, 0.15) is 12.0 Å². The van der Waals surface area contributed by atoms with E-state index < -0.39 is 47.8 Å². The van der Waals surface area contributed by atoms with Crippen LogP contribution in [0.4, 0.5) is 13.2 Å². The van der Waals surface area contributed by atoms with E-state index in [4.69, 9.17) is 17.3 Å². The van der Waals surface area contributed by atoms with E-state index in [1.165, 1.54) is 30.3 Å². The van der Waals surface area contributed by atoms with Crippen molar-refractivity contribution in [3.05, 3.63) is 69.2 Å². The van der Waals surface area contributed by atoms with Gasteiger partial charge in [0.15, 0.2) is 0 Å². The standard InChI is InChI=1S/C25H24ClF3N4O4/c1-32(2)11-12-3-5-15(17(26)9-12)20(25(27,28)29)21-16-10-13(22(30)35)4-6-14(16)24(37)33(21)18-7-8-19(34)31-23(18)36/h3-6,9-10,18,20-21H,7-8,11H2,1-2H3,(H2,30,35)(H,31,34,36)/t18?,20-,21?/m1/s1. The molecule has 196 valence electrons. The van der Waals surface area contributed by atoms with Crippen LogP contribution in [-0.2, 0) is 16.1 Å². The third kappa shape index (κ3) is 5.05. The van der Waals surface area contributed by atoms with Gasteiger partial charge in [-0.25, -0.2) is 0 Å². The molecule has 3 N–H and O–H groups in total. The summed E-state index contributed by atoms with van der Waals surface area (Å²) in [7, 11) is 3.60. The highest BCUT2D eigenvalue weighted by Gasteiger charge is 2.56. The number of piperidine rings is 1. The molecule has 0 saturated carbocycles. The number of nitrogens with zero attached hydrogens (tertiary/aromatic N) is 2. The Morgan fingerprint density at radius 3 is 2.46 bits per heavy atom. The van der Waals surface area contributed by atoms with E-state index in [0.717, 1.165) is 11.0 Å². The highest BCUT2D eigenvalue weighted by Crippen LogP contribution is 2.53. The molecule has 0 aliphatic carbocycles. The molecule has 2 aromatic rings. The average Bonchev–Trinajstić information content (AvgIpc) is 3.05. The van der Waals surface area contributed by atoms with Crippen LogP contribution in [0.2, 0.25) is 5.02 Å². The van der Waals surface area contributed by atoms with Crippen molar-refractivity contribution in [3.63, 3.8) is 0 Å². The number of amides is 4. The first kappa shape index (κ1) is 26.6. The Kier molecular flexibility index (Phi) is 7.04. The zero-order valence-electron chi connectivity index (χ0n) is 19.9. The first-order valence-electron chi connectivity index (χ1n) is 11.4. The smallest absolute Gasteiger partial charge is 0.366 e. The van der Waals surface area contributed by atoms with Crippen molar-refractivity contribution in [2.24, 2.45) is 5.73 Å². The van der Waals surface area contributed by atoms with Crippen LogP contribution < -0.4 is 11.1 Å². The van der Waals surface area contributed by atoms with Gasteiger partial charge in [0.25, 0.3) is 5.91 Å². The first-order valence-corrected chi connectivity index (χ1v) is 11.8. The van der Waals surface area contributed by atoms with E-state index in [-0.39, 0.29) is 40.1 Å². The molecule has 2 aliphatic rings. The van der Waals surface area contributed by atoms with Crippen molar-refractivity contribution in [2.45, 2.75) is 43.6 Å². The number of carbonyl (C=O) groups excluding carboxylic acids is 4. The zero-order valence-corrected chi connectivity index (χ0v) is 20.7. The Bertz CT molecular complexity index is 1300. The Morgan fingerprint density at radius 2 is 1.89 bits per heavy atom. The molecule has 2 unspecified atom stereocenters. The van der Waals surface area contributed by atoms with Crippen LogP contribution in [0, 0.1) is 0 Å². The molecule has 1 saturated heterocycles. The third-order valence-electron chi connectivity index (χ3n) is 6.53. The van der Waals surface area contributed by atoms with E-state index >= 15 is 0 Å². The van der Waals surface area contributed by atoms with Crippen LogP contribution in [0.1, 0.15) is 62.2 Å². The minimum absolute atomic E-state index is 0.0879. The first-order chi connectivity index (χ1) is 17.3. The van der Waals surface area contributed by atoms with Crippen LogP contribution in [0.3, 0.4) is 0 Å². The summed E-state index contributed by atoms with van der Waals surface area (Å²) < 4.78 is 44.6. The molecule has 1 fully saturated rings. The fourth-order valence-corrected chi connectivity index (χ4v) is 5.33. The molecule has 2 aromatic carbocycles. The average molecular weight is 537 g/mol. The molecule has 0 aromatic heterocycles. The number of rotatable bonds is 6. The van der Waals surface area contributed by atoms with E-state index in [2.05, 4.69) is 5.32 Å². The Labute approximate surface area is 215 Å². The van der Waals surface area contributed by atoms with Crippen molar-refractivity contribution >= 4 is 35.2 Å². The van der Waals surface area contributed by atoms with Crippen molar-refractivity contribution in [3.8, 4) is 0 Å². The predicted octanol–water partition coefficient (Wildman–Crippen LogP) is 3.15. The summed E-state index contributed by atoms with van der Waals surface area (Å²) in [5, 5.41) is 1.94. The van der Waals surface area contributed by atoms with Gasteiger partial charge >= 0.3 is 6.18 Å². The van der Waals surface area contributed by atoms with Crippen LogP contribution in [0.25, 0.3) is 0 Å². The van der Waals surface area contributed by atoms with Gasteiger partial charge in [-0.1, -0.05) is 23.7 Å². The summed E-state index contributed by atoms with van der Waals surface area (Å²) in [6.45, 7) is 0.436. The molecule has 0 spiro atoms. The van der Waals surface area contributed by atoms with E-state index in [1.54, 1.807) is 14.1 Å². The molecule has 8 nitrogen and oxygen atoms in total. The van der Waals surface area contributed by atoms with Gasteiger partial charge in [0.2, 0.25) is 17.7 Å². The molecular formula is C25H24ClF3N4O4. The molecule has 37 heavy (non-hydrogen) atoms. The van der Waals surface area contributed by atoms with Gasteiger partial charge in [-0.15, -0.1) is 0 Å². The number of halogens is 4. The third-order valence-corrected chi connectivity index (χ3v) is 6.86. The molecule has 4 rings (SSSR count). The summed E-state index contributed by atoms with van der Waals surface area (Å²) in [6.07, 6.45) is -5.21. The van der Waals surface area contributed by atoms with E-state index in [1.807, 2.05) is 4.90 Å². The fourth-order valence-electron chi connectivity index (χ4n) is 5.01. The number of fused-ring (bicyclic) bond motifs is 1. The van der Waals surface area contributed by atoms with Crippen LogP contribution in [-0.4, -0.2) is 59.7 Å². The van der Waals surface area contributed by atoms with E-state index in [0.29, 0.717) is 12.1 Å². The van der Waals surface area contributed by atoms with Gasteiger partial charge in [-0.2, -0.15) is 13.2 Å². The lowest BCUT2D eigenvalue weighted by molar-refractivity contribution is -0.167. The maximum absolute atomic E-state index is 14.9. The fraction of sp³-hybridized carbons (Fsp3) is 0.360. The molecule has 2 aliphatic heterocycles. The van der Waals surface area contributed by atoms with Gasteiger partial charge in [0.05, 0.1) is 6.04 Å². The van der Waals surface area contributed by atoms with Crippen molar-refractivity contribution in [1.82, 2.24) is 15.1 Å².